The number of aromatic nitrogens is 1. The maximum atomic E-state index is 13.9. The van der Waals surface area contributed by atoms with E-state index >= 15 is 0 Å². The molecule has 0 aliphatic carbocycles. The summed E-state index contributed by atoms with van der Waals surface area (Å²) in [5.74, 6) is 3.32. The standard InChI is InChI=1S/C12H9Cl2FN4O/c13-6-1-2-8(14)9(5-6)18-12(20)7-3-4-17-11(19-16)10(7)15/h1-5H,16H2,(H,17,19)(H,18,20). The summed E-state index contributed by atoms with van der Waals surface area (Å²) in [5.41, 5.74) is 2.12. The third kappa shape index (κ3) is 2.98. The van der Waals surface area contributed by atoms with Gasteiger partial charge in [0.25, 0.3) is 5.91 Å². The van der Waals surface area contributed by atoms with Crippen molar-refractivity contribution in [2.45, 2.75) is 0 Å². The first-order chi connectivity index (χ1) is 9.52. The number of pyridine rings is 1. The van der Waals surface area contributed by atoms with E-state index in [1.54, 1.807) is 6.07 Å². The molecule has 0 aliphatic rings. The Labute approximate surface area is 123 Å². The Morgan fingerprint density at radius 3 is 2.75 bits per heavy atom. The van der Waals surface area contributed by atoms with Crippen LogP contribution in [0.25, 0.3) is 0 Å². The molecule has 0 atom stereocenters. The topological polar surface area (TPSA) is 80.0 Å². The Hall–Kier alpha value is -1.89. The van der Waals surface area contributed by atoms with Crippen molar-refractivity contribution in [1.82, 2.24) is 4.98 Å². The molecule has 20 heavy (non-hydrogen) atoms. The van der Waals surface area contributed by atoms with Crippen molar-refractivity contribution in [3.05, 3.63) is 51.9 Å². The fraction of sp³-hybridized carbons (Fsp3) is 0. The summed E-state index contributed by atoms with van der Waals surface area (Å²) in [4.78, 5) is 15.7. The van der Waals surface area contributed by atoms with Crippen LogP contribution in [0.3, 0.4) is 0 Å². The summed E-state index contributed by atoms with van der Waals surface area (Å²) in [5, 5.41) is 3.15. The first kappa shape index (κ1) is 14.5. The predicted octanol–water partition coefficient (Wildman–Crippen LogP) is 3.07. The molecule has 0 saturated carbocycles. The average Bonchev–Trinajstić information content (AvgIpc) is 2.43. The summed E-state index contributed by atoms with van der Waals surface area (Å²) in [6.07, 6.45) is 1.26. The van der Waals surface area contributed by atoms with Crippen LogP contribution in [0.15, 0.2) is 30.5 Å². The molecule has 5 nitrogen and oxygen atoms in total. The first-order valence-electron chi connectivity index (χ1n) is 5.40. The van der Waals surface area contributed by atoms with Gasteiger partial charge in [-0.3, -0.25) is 4.79 Å². The van der Waals surface area contributed by atoms with E-state index in [4.69, 9.17) is 29.0 Å². The molecular formula is C12H9Cl2FN4O. The summed E-state index contributed by atoms with van der Waals surface area (Å²) in [6, 6.07) is 5.78. The summed E-state index contributed by atoms with van der Waals surface area (Å²) < 4.78 is 13.9. The van der Waals surface area contributed by atoms with Crippen molar-refractivity contribution >= 4 is 40.6 Å². The highest BCUT2D eigenvalue weighted by molar-refractivity contribution is 6.35. The average molecular weight is 315 g/mol. The zero-order chi connectivity index (χ0) is 14.7. The normalized spacial score (nSPS) is 10.2. The van der Waals surface area contributed by atoms with Crippen LogP contribution < -0.4 is 16.6 Å². The van der Waals surface area contributed by atoms with Gasteiger partial charge in [-0.1, -0.05) is 23.2 Å². The number of carbonyl (C=O) groups is 1. The Kier molecular flexibility index (Phi) is 4.39. The van der Waals surface area contributed by atoms with Gasteiger partial charge in [0.05, 0.1) is 16.3 Å². The minimum atomic E-state index is -0.856. The van der Waals surface area contributed by atoms with Crippen LogP contribution in [0.2, 0.25) is 10.0 Å². The number of hydrogen-bond acceptors (Lipinski definition) is 4. The lowest BCUT2D eigenvalue weighted by atomic mass is 10.2. The number of nitrogens with zero attached hydrogens (tertiary/aromatic N) is 1. The highest BCUT2D eigenvalue weighted by atomic mass is 35.5. The summed E-state index contributed by atoms with van der Waals surface area (Å²) in [7, 11) is 0. The molecule has 0 aliphatic heterocycles. The monoisotopic (exact) mass is 314 g/mol. The van der Waals surface area contributed by atoms with E-state index in [0.29, 0.717) is 5.02 Å². The molecule has 0 spiro atoms. The number of anilines is 2. The highest BCUT2D eigenvalue weighted by Gasteiger charge is 2.16. The fourth-order valence-corrected chi connectivity index (χ4v) is 1.84. The molecule has 1 aromatic carbocycles. The van der Waals surface area contributed by atoms with E-state index in [1.165, 1.54) is 24.4 Å². The molecule has 0 saturated heterocycles. The molecule has 4 N–H and O–H groups in total. The van der Waals surface area contributed by atoms with E-state index in [0.717, 1.165) is 0 Å². The largest absolute Gasteiger partial charge is 0.320 e. The molecule has 8 heteroatoms. The minimum absolute atomic E-state index is 0.219. The van der Waals surface area contributed by atoms with Crippen LogP contribution in [0.1, 0.15) is 10.4 Å². The SMILES string of the molecule is NNc1nccc(C(=O)Nc2cc(Cl)ccc2Cl)c1F. The molecule has 1 aromatic heterocycles. The lowest BCUT2D eigenvalue weighted by molar-refractivity contribution is 0.102. The van der Waals surface area contributed by atoms with Crippen LogP contribution in [-0.2, 0) is 0 Å². The van der Waals surface area contributed by atoms with Gasteiger partial charge in [-0.15, -0.1) is 0 Å². The van der Waals surface area contributed by atoms with E-state index < -0.39 is 11.7 Å². The zero-order valence-electron chi connectivity index (χ0n) is 9.95. The molecule has 0 bridgehead atoms. The van der Waals surface area contributed by atoms with E-state index in [2.05, 4.69) is 15.7 Å². The third-order valence-electron chi connectivity index (χ3n) is 2.45. The second-order valence-corrected chi connectivity index (χ2v) is 4.59. The Morgan fingerprint density at radius 2 is 2.05 bits per heavy atom. The Bertz CT molecular complexity index is 666. The number of hydrogen-bond donors (Lipinski definition) is 3. The third-order valence-corrected chi connectivity index (χ3v) is 3.01. The van der Waals surface area contributed by atoms with Gasteiger partial charge in [-0.25, -0.2) is 15.2 Å². The van der Waals surface area contributed by atoms with Gasteiger partial charge in [0, 0.05) is 11.2 Å². The summed E-state index contributed by atoms with van der Waals surface area (Å²) >= 11 is 11.7. The van der Waals surface area contributed by atoms with Crippen molar-refractivity contribution in [1.29, 1.82) is 0 Å². The van der Waals surface area contributed by atoms with E-state index in [-0.39, 0.29) is 22.1 Å². The maximum Gasteiger partial charge on any atom is 0.258 e. The summed E-state index contributed by atoms with van der Waals surface area (Å²) in [6.45, 7) is 0. The van der Waals surface area contributed by atoms with Crippen molar-refractivity contribution in [3.8, 4) is 0 Å². The van der Waals surface area contributed by atoms with Crippen molar-refractivity contribution in [2.24, 2.45) is 5.84 Å². The van der Waals surface area contributed by atoms with Crippen molar-refractivity contribution in [3.63, 3.8) is 0 Å². The lowest BCUT2D eigenvalue weighted by Crippen LogP contribution is -2.17. The van der Waals surface area contributed by atoms with Crippen LogP contribution in [0.5, 0.6) is 0 Å². The lowest BCUT2D eigenvalue weighted by Gasteiger charge is -2.09. The molecule has 1 heterocycles. The molecule has 0 radical (unpaired) electrons. The first-order valence-corrected chi connectivity index (χ1v) is 6.16. The van der Waals surface area contributed by atoms with Gasteiger partial charge in [0.2, 0.25) is 0 Å². The van der Waals surface area contributed by atoms with Crippen molar-refractivity contribution in [2.75, 3.05) is 10.7 Å². The van der Waals surface area contributed by atoms with Gasteiger partial charge >= 0.3 is 0 Å². The Balaban J connectivity index is 2.31. The van der Waals surface area contributed by atoms with Crippen LogP contribution in [-0.4, -0.2) is 10.9 Å². The van der Waals surface area contributed by atoms with Gasteiger partial charge in [-0.05, 0) is 24.3 Å². The second kappa shape index (κ2) is 6.04. The van der Waals surface area contributed by atoms with E-state index in [9.17, 15) is 9.18 Å². The number of nitrogens with one attached hydrogen (secondary N) is 2. The van der Waals surface area contributed by atoms with Gasteiger partial charge in [0.1, 0.15) is 0 Å². The predicted molar refractivity (Wildman–Crippen MR) is 76.4 cm³/mol. The molecule has 1 amide bonds. The molecule has 2 rings (SSSR count). The number of nitrogens with two attached hydrogens (primary N) is 1. The molecular weight excluding hydrogens is 306 g/mol. The van der Waals surface area contributed by atoms with E-state index in [1.807, 2.05) is 0 Å². The molecule has 2 aromatic rings. The smallest absolute Gasteiger partial charge is 0.258 e. The number of rotatable bonds is 3. The second-order valence-electron chi connectivity index (χ2n) is 3.74. The quantitative estimate of drug-likeness (QED) is 0.601. The Morgan fingerprint density at radius 1 is 1.30 bits per heavy atom. The molecule has 0 fully saturated rings. The van der Waals surface area contributed by atoms with Crippen LogP contribution >= 0.6 is 23.2 Å². The van der Waals surface area contributed by atoms with Crippen molar-refractivity contribution < 1.29 is 9.18 Å². The fourth-order valence-electron chi connectivity index (χ4n) is 1.50. The number of carbonyl (C=O) groups excluding carboxylic acids is 1. The van der Waals surface area contributed by atoms with Crippen LogP contribution in [0.4, 0.5) is 15.9 Å². The molecule has 104 valence electrons. The van der Waals surface area contributed by atoms with Gasteiger partial charge in [0.15, 0.2) is 11.6 Å². The number of halogens is 3. The number of benzene rings is 1. The highest BCUT2D eigenvalue weighted by Crippen LogP contribution is 2.26. The minimum Gasteiger partial charge on any atom is -0.320 e. The number of amides is 1. The molecule has 0 unspecified atom stereocenters. The number of nitrogen functional groups attached to an aromatic ring is 1. The van der Waals surface area contributed by atoms with Gasteiger partial charge in [-0.2, -0.15) is 0 Å². The van der Waals surface area contributed by atoms with Crippen LogP contribution in [0, 0.1) is 5.82 Å². The number of hydrazine groups is 1. The van der Waals surface area contributed by atoms with Gasteiger partial charge < -0.3 is 10.7 Å². The zero-order valence-corrected chi connectivity index (χ0v) is 11.5. The maximum absolute atomic E-state index is 13.9.